The maximum Gasteiger partial charge on any atom is 0.269 e. The molecule has 20 heavy (non-hydrogen) atoms. The highest BCUT2D eigenvalue weighted by Crippen LogP contribution is 2.29. The summed E-state index contributed by atoms with van der Waals surface area (Å²) in [6.07, 6.45) is 2.15. The number of hydrogen-bond acceptors (Lipinski definition) is 4. The lowest BCUT2D eigenvalue weighted by Gasteiger charge is -2.34. The van der Waals surface area contributed by atoms with Crippen molar-refractivity contribution in [3.05, 3.63) is 39.9 Å². The van der Waals surface area contributed by atoms with Crippen molar-refractivity contribution in [2.75, 3.05) is 19.8 Å². The molecule has 1 aliphatic rings. The first-order chi connectivity index (χ1) is 9.50. The molecule has 0 radical (unpaired) electrons. The Bertz CT molecular complexity index is 453. The number of nitro benzene ring substituents is 1. The maximum absolute atomic E-state index is 10.6. The predicted molar refractivity (Wildman–Crippen MR) is 77.7 cm³/mol. The molecule has 0 aromatic heterocycles. The van der Waals surface area contributed by atoms with Crippen LogP contribution in [0.2, 0.25) is 0 Å². The predicted octanol–water partition coefficient (Wildman–Crippen LogP) is 3.06. The molecule has 0 aliphatic carbocycles. The fraction of sp³-hybridized carbons (Fsp3) is 0.600. The van der Waals surface area contributed by atoms with E-state index < -0.39 is 0 Å². The van der Waals surface area contributed by atoms with Gasteiger partial charge in [-0.25, -0.2) is 0 Å². The molecular formula is C15H22N2O3. The van der Waals surface area contributed by atoms with Gasteiger partial charge in [-0.15, -0.1) is 0 Å². The van der Waals surface area contributed by atoms with E-state index in [1.807, 2.05) is 12.1 Å². The van der Waals surface area contributed by atoms with E-state index in [4.69, 9.17) is 4.74 Å². The van der Waals surface area contributed by atoms with Gasteiger partial charge in [-0.3, -0.25) is 10.1 Å². The van der Waals surface area contributed by atoms with Crippen LogP contribution in [0.3, 0.4) is 0 Å². The van der Waals surface area contributed by atoms with Crippen LogP contribution in [0.4, 0.5) is 5.69 Å². The van der Waals surface area contributed by atoms with Crippen molar-refractivity contribution in [1.82, 2.24) is 5.32 Å². The van der Waals surface area contributed by atoms with Crippen molar-refractivity contribution in [2.45, 2.75) is 32.7 Å². The Morgan fingerprint density at radius 3 is 2.50 bits per heavy atom. The van der Waals surface area contributed by atoms with E-state index in [0.717, 1.165) is 38.2 Å². The van der Waals surface area contributed by atoms with Crippen LogP contribution >= 0.6 is 0 Å². The standard InChI is InChI=1S/C15H22N2O3/c1-12(13-3-5-14(6-4-13)17(18)19)16-11-15(2)7-9-20-10-8-15/h3-6,12,16H,7-11H2,1-2H3. The summed E-state index contributed by atoms with van der Waals surface area (Å²) in [5, 5.41) is 14.2. The number of nitrogens with one attached hydrogen (secondary N) is 1. The molecule has 5 heteroatoms. The lowest BCUT2D eigenvalue weighted by molar-refractivity contribution is -0.384. The first-order valence-electron chi connectivity index (χ1n) is 7.06. The van der Waals surface area contributed by atoms with Gasteiger partial charge in [-0.1, -0.05) is 19.1 Å². The minimum Gasteiger partial charge on any atom is -0.381 e. The third-order valence-corrected chi connectivity index (χ3v) is 4.14. The molecule has 1 N–H and O–H groups in total. The molecule has 2 rings (SSSR count). The Balaban J connectivity index is 1.90. The van der Waals surface area contributed by atoms with Gasteiger partial charge >= 0.3 is 0 Å². The van der Waals surface area contributed by atoms with Gasteiger partial charge in [0, 0.05) is 37.9 Å². The highest BCUT2D eigenvalue weighted by atomic mass is 16.6. The zero-order valence-electron chi connectivity index (χ0n) is 12.1. The summed E-state index contributed by atoms with van der Waals surface area (Å²) in [5.41, 5.74) is 1.50. The smallest absolute Gasteiger partial charge is 0.269 e. The largest absolute Gasteiger partial charge is 0.381 e. The zero-order chi connectivity index (χ0) is 14.6. The molecule has 1 aromatic rings. The third kappa shape index (κ3) is 3.77. The monoisotopic (exact) mass is 278 g/mol. The van der Waals surface area contributed by atoms with Gasteiger partial charge in [-0.2, -0.15) is 0 Å². The molecule has 0 amide bonds. The zero-order valence-corrected chi connectivity index (χ0v) is 12.1. The van der Waals surface area contributed by atoms with E-state index in [-0.39, 0.29) is 22.1 Å². The highest BCUT2D eigenvalue weighted by molar-refractivity contribution is 5.34. The molecular weight excluding hydrogens is 256 g/mol. The summed E-state index contributed by atoms with van der Waals surface area (Å²) in [5.74, 6) is 0. The Morgan fingerprint density at radius 1 is 1.35 bits per heavy atom. The van der Waals surface area contributed by atoms with Gasteiger partial charge in [0.25, 0.3) is 5.69 Å². The summed E-state index contributed by atoms with van der Waals surface area (Å²) in [6, 6.07) is 6.95. The fourth-order valence-electron chi connectivity index (χ4n) is 2.44. The molecule has 5 nitrogen and oxygen atoms in total. The van der Waals surface area contributed by atoms with Gasteiger partial charge in [0.1, 0.15) is 0 Å². The molecule has 1 heterocycles. The second-order valence-electron chi connectivity index (χ2n) is 5.87. The number of non-ortho nitro benzene ring substituents is 1. The number of benzene rings is 1. The van der Waals surface area contributed by atoms with Crippen LogP contribution in [0.25, 0.3) is 0 Å². The number of nitro groups is 1. The quantitative estimate of drug-likeness (QED) is 0.664. The van der Waals surface area contributed by atoms with Crippen molar-refractivity contribution in [3.63, 3.8) is 0 Å². The van der Waals surface area contributed by atoms with E-state index in [2.05, 4.69) is 19.2 Å². The average Bonchev–Trinajstić information content (AvgIpc) is 2.46. The van der Waals surface area contributed by atoms with Crippen LogP contribution in [0.15, 0.2) is 24.3 Å². The number of ether oxygens (including phenoxy) is 1. The van der Waals surface area contributed by atoms with Gasteiger partial charge in [0.2, 0.25) is 0 Å². The lowest BCUT2D eigenvalue weighted by Crippen LogP contribution is -2.37. The van der Waals surface area contributed by atoms with Crippen molar-refractivity contribution in [1.29, 1.82) is 0 Å². The molecule has 1 aromatic carbocycles. The van der Waals surface area contributed by atoms with Gasteiger partial charge in [-0.05, 0) is 30.7 Å². The van der Waals surface area contributed by atoms with E-state index in [0.29, 0.717) is 0 Å². The molecule has 1 aliphatic heterocycles. The van der Waals surface area contributed by atoms with E-state index in [1.165, 1.54) is 0 Å². The summed E-state index contributed by atoms with van der Waals surface area (Å²) in [6.45, 7) is 6.98. The van der Waals surface area contributed by atoms with Crippen LogP contribution in [-0.2, 0) is 4.74 Å². The molecule has 1 unspecified atom stereocenters. The van der Waals surface area contributed by atoms with E-state index in [1.54, 1.807) is 12.1 Å². The van der Waals surface area contributed by atoms with Crippen molar-refractivity contribution in [2.24, 2.45) is 5.41 Å². The van der Waals surface area contributed by atoms with Gasteiger partial charge < -0.3 is 10.1 Å². The topological polar surface area (TPSA) is 64.4 Å². The number of nitrogens with zero attached hydrogens (tertiary/aromatic N) is 1. The second kappa shape index (κ2) is 6.33. The third-order valence-electron chi connectivity index (χ3n) is 4.14. The van der Waals surface area contributed by atoms with E-state index >= 15 is 0 Å². The first-order valence-corrected chi connectivity index (χ1v) is 7.06. The SMILES string of the molecule is CC(NCC1(C)CCOCC1)c1ccc([N+](=O)[O-])cc1. The number of rotatable bonds is 5. The minimum absolute atomic E-state index is 0.136. The fourth-order valence-corrected chi connectivity index (χ4v) is 2.44. The Labute approximate surface area is 119 Å². The van der Waals surface area contributed by atoms with Crippen LogP contribution in [-0.4, -0.2) is 24.7 Å². The van der Waals surface area contributed by atoms with Crippen LogP contribution in [0.1, 0.15) is 38.3 Å². The molecule has 1 saturated heterocycles. The Morgan fingerprint density at radius 2 is 1.95 bits per heavy atom. The minimum atomic E-state index is -0.370. The summed E-state index contributed by atoms with van der Waals surface area (Å²) < 4.78 is 5.40. The van der Waals surface area contributed by atoms with E-state index in [9.17, 15) is 10.1 Å². The van der Waals surface area contributed by atoms with Crippen LogP contribution in [0.5, 0.6) is 0 Å². The van der Waals surface area contributed by atoms with Gasteiger partial charge in [0.15, 0.2) is 0 Å². The molecule has 0 bridgehead atoms. The molecule has 1 atom stereocenters. The Kier molecular flexibility index (Phi) is 4.73. The highest BCUT2D eigenvalue weighted by Gasteiger charge is 2.27. The van der Waals surface area contributed by atoms with Crippen molar-refractivity contribution >= 4 is 5.69 Å². The summed E-state index contributed by atoms with van der Waals surface area (Å²) in [7, 11) is 0. The summed E-state index contributed by atoms with van der Waals surface area (Å²) in [4.78, 5) is 10.3. The van der Waals surface area contributed by atoms with Crippen molar-refractivity contribution < 1.29 is 9.66 Å². The second-order valence-corrected chi connectivity index (χ2v) is 5.87. The molecule has 1 fully saturated rings. The summed E-state index contributed by atoms with van der Waals surface area (Å²) >= 11 is 0. The lowest BCUT2D eigenvalue weighted by atomic mass is 9.82. The van der Waals surface area contributed by atoms with Crippen molar-refractivity contribution in [3.8, 4) is 0 Å². The number of hydrogen-bond donors (Lipinski definition) is 1. The molecule has 110 valence electrons. The molecule has 0 spiro atoms. The normalized spacial score (nSPS) is 19.5. The maximum atomic E-state index is 10.6. The molecule has 0 saturated carbocycles. The Hall–Kier alpha value is -1.46. The average molecular weight is 278 g/mol. The van der Waals surface area contributed by atoms with Crippen LogP contribution in [0, 0.1) is 15.5 Å². The first kappa shape index (κ1) is 14.9. The van der Waals surface area contributed by atoms with Crippen LogP contribution < -0.4 is 5.32 Å². The van der Waals surface area contributed by atoms with Gasteiger partial charge in [0.05, 0.1) is 4.92 Å².